The number of unbranched alkanes of at least 4 members (excludes halogenated alkanes) is 12. The summed E-state index contributed by atoms with van der Waals surface area (Å²) in [5, 5.41) is 114. The summed E-state index contributed by atoms with van der Waals surface area (Å²) in [6.45, 7) is 1.66. The van der Waals surface area contributed by atoms with E-state index in [9.17, 15) is 60.7 Å². The second kappa shape index (κ2) is 30.6. The summed E-state index contributed by atoms with van der Waals surface area (Å²) in [6, 6.07) is 0. The molecule has 3 rings (SSSR count). The quantitative estimate of drug-likeness (QED) is 0.0326. The largest absolute Gasteiger partial charge is 0.479 e. The predicted octanol–water partition coefficient (Wildman–Crippen LogP) is 0.658. The molecule has 17 atom stereocenters. The van der Waals surface area contributed by atoms with Crippen LogP contribution >= 0.6 is 0 Å². The third-order valence-corrected chi connectivity index (χ3v) is 12.3. The third kappa shape index (κ3) is 19.1. The third-order valence-electron chi connectivity index (χ3n) is 12.3. The van der Waals surface area contributed by atoms with Gasteiger partial charge < -0.3 is 89.3 Å². The molecule has 3 heterocycles. The first kappa shape index (κ1) is 56.6. The molecule has 0 aromatic heterocycles. The fraction of sp³-hybridized carbons (Fsp3) is 0.955. The lowest BCUT2D eigenvalue weighted by Gasteiger charge is -2.46. The monoisotopic (exact) mass is 929 g/mol. The highest BCUT2D eigenvalue weighted by atomic mass is 16.8. The maximum Gasteiger partial charge on any atom is 0.332 e. The molecule has 0 aliphatic carbocycles. The molecule has 3 aliphatic rings. The Morgan fingerprint density at radius 3 is 1.67 bits per heavy atom. The van der Waals surface area contributed by atoms with Crippen LogP contribution in [0.15, 0.2) is 0 Å². The van der Waals surface area contributed by atoms with Crippen LogP contribution in [0, 0.1) is 0 Å². The van der Waals surface area contributed by atoms with Crippen LogP contribution in [0.3, 0.4) is 0 Å². The molecule has 0 saturated carbocycles. The van der Waals surface area contributed by atoms with Crippen LogP contribution in [0.5, 0.6) is 0 Å². The van der Waals surface area contributed by atoms with Gasteiger partial charge in [-0.05, 0) is 38.5 Å². The number of carbonyl (C=O) groups is 2. The zero-order valence-corrected chi connectivity index (χ0v) is 37.7. The molecule has 0 radical (unpaired) electrons. The summed E-state index contributed by atoms with van der Waals surface area (Å²) < 4.78 is 40.6. The number of esters is 1. The predicted molar refractivity (Wildman–Crippen MR) is 225 cm³/mol. The van der Waals surface area contributed by atoms with Crippen molar-refractivity contribution in [1.29, 1.82) is 0 Å². The van der Waals surface area contributed by atoms with Crippen LogP contribution in [-0.4, -0.2) is 192 Å². The van der Waals surface area contributed by atoms with Gasteiger partial charge in [0, 0.05) is 6.92 Å². The lowest BCUT2D eigenvalue weighted by molar-refractivity contribution is -0.380. The minimum atomic E-state index is -1.87. The first-order chi connectivity index (χ1) is 30.6. The number of aliphatic hydroxyl groups is 10. The first-order valence-electron chi connectivity index (χ1n) is 23.6. The summed E-state index contributed by atoms with van der Waals surface area (Å²) in [5.41, 5.74) is 0. The fourth-order valence-electron chi connectivity index (χ4n) is 8.28. The van der Waals surface area contributed by atoms with Crippen molar-refractivity contribution in [3.8, 4) is 0 Å². The standard InChI is InChI=1S/C44H80O20/c1-3-4-18-27(19-17-22-29(48)28(47)20-15-13-11-9-7-5-6-8-10-12-14-16-21-30(49)41(56)57)61-43-39(34(51)31(50)24-58-43)64-44-40(36(53)33(25-59-44)60-26(2)46)63-42-38(55)37(54)35(52)32(23-45)62-42/h27-40,42-45,47-55H,3-25H2,1-2H3,(H,56,57). The molecule has 64 heavy (non-hydrogen) atoms. The van der Waals surface area contributed by atoms with Gasteiger partial charge >= 0.3 is 11.9 Å². The van der Waals surface area contributed by atoms with Gasteiger partial charge in [0.1, 0.15) is 54.9 Å². The second-order valence-corrected chi connectivity index (χ2v) is 17.6. The molecular weight excluding hydrogens is 848 g/mol. The Morgan fingerprint density at radius 1 is 0.594 bits per heavy atom. The minimum Gasteiger partial charge on any atom is -0.479 e. The maximum absolute atomic E-state index is 11.8. The van der Waals surface area contributed by atoms with Gasteiger partial charge in [0.05, 0.1) is 38.1 Å². The molecule has 11 N–H and O–H groups in total. The van der Waals surface area contributed by atoms with Crippen LogP contribution in [-0.2, 0) is 42.7 Å². The highest BCUT2D eigenvalue weighted by Crippen LogP contribution is 2.32. The lowest BCUT2D eigenvalue weighted by Crippen LogP contribution is -2.64. The summed E-state index contributed by atoms with van der Waals surface area (Å²) in [7, 11) is 0. The van der Waals surface area contributed by atoms with Gasteiger partial charge in [-0.15, -0.1) is 0 Å². The Hall–Kier alpha value is -1.70. The zero-order chi connectivity index (χ0) is 47.2. The van der Waals surface area contributed by atoms with E-state index in [1.54, 1.807) is 0 Å². The Bertz CT molecular complexity index is 1260. The molecule has 20 nitrogen and oxygen atoms in total. The molecule has 0 aromatic rings. The van der Waals surface area contributed by atoms with E-state index in [1.807, 2.05) is 6.92 Å². The van der Waals surface area contributed by atoms with Gasteiger partial charge in [0.25, 0.3) is 0 Å². The van der Waals surface area contributed by atoms with Gasteiger partial charge in [-0.3, -0.25) is 4.79 Å². The Morgan fingerprint density at radius 2 is 1.11 bits per heavy atom. The van der Waals surface area contributed by atoms with E-state index < -0.39 is 129 Å². The number of carboxylic acids is 1. The number of carboxylic acid groups (broad SMARTS) is 1. The Kier molecular flexibility index (Phi) is 27.1. The van der Waals surface area contributed by atoms with E-state index in [0.717, 1.165) is 96.8 Å². The van der Waals surface area contributed by atoms with E-state index in [4.69, 9.17) is 38.3 Å². The van der Waals surface area contributed by atoms with E-state index in [-0.39, 0.29) is 6.61 Å². The van der Waals surface area contributed by atoms with Crippen molar-refractivity contribution >= 4 is 11.9 Å². The molecule has 17 unspecified atom stereocenters. The van der Waals surface area contributed by atoms with Crippen LogP contribution < -0.4 is 0 Å². The van der Waals surface area contributed by atoms with E-state index in [0.29, 0.717) is 38.5 Å². The molecule has 3 aliphatic heterocycles. The van der Waals surface area contributed by atoms with Crippen LogP contribution in [0.1, 0.15) is 142 Å². The van der Waals surface area contributed by atoms with E-state index in [2.05, 4.69) is 0 Å². The van der Waals surface area contributed by atoms with Gasteiger partial charge in [0.2, 0.25) is 0 Å². The van der Waals surface area contributed by atoms with E-state index in [1.165, 1.54) is 0 Å². The van der Waals surface area contributed by atoms with Gasteiger partial charge in [-0.2, -0.15) is 0 Å². The summed E-state index contributed by atoms with van der Waals surface area (Å²) in [6.07, 6.45) is -7.39. The number of ether oxygens (including phenoxy) is 7. The number of hydrogen-bond donors (Lipinski definition) is 11. The fourth-order valence-corrected chi connectivity index (χ4v) is 8.28. The Labute approximate surface area is 376 Å². The Balaban J connectivity index is 1.48. The van der Waals surface area contributed by atoms with Crippen molar-refractivity contribution in [1.82, 2.24) is 0 Å². The van der Waals surface area contributed by atoms with Crippen LogP contribution in [0.25, 0.3) is 0 Å². The average Bonchev–Trinajstić information content (AvgIpc) is 3.26. The molecule has 3 saturated heterocycles. The highest BCUT2D eigenvalue weighted by molar-refractivity contribution is 5.71. The van der Waals surface area contributed by atoms with Crippen LogP contribution in [0.2, 0.25) is 0 Å². The summed E-state index contributed by atoms with van der Waals surface area (Å²) >= 11 is 0. The molecule has 0 amide bonds. The molecule has 20 heteroatoms. The first-order valence-corrected chi connectivity index (χ1v) is 23.6. The number of hydrogen-bond acceptors (Lipinski definition) is 19. The van der Waals surface area contributed by atoms with Crippen molar-refractivity contribution in [3.05, 3.63) is 0 Å². The van der Waals surface area contributed by atoms with Crippen molar-refractivity contribution < 1.29 is 98.9 Å². The van der Waals surface area contributed by atoms with Crippen molar-refractivity contribution in [3.63, 3.8) is 0 Å². The number of carbonyl (C=O) groups excluding carboxylic acids is 1. The lowest BCUT2D eigenvalue weighted by atomic mass is 9.98. The van der Waals surface area contributed by atoms with Gasteiger partial charge in [-0.25, -0.2) is 4.79 Å². The van der Waals surface area contributed by atoms with Crippen molar-refractivity contribution in [2.24, 2.45) is 0 Å². The zero-order valence-electron chi connectivity index (χ0n) is 37.7. The maximum atomic E-state index is 11.8. The van der Waals surface area contributed by atoms with Gasteiger partial charge in [-0.1, -0.05) is 96.8 Å². The average molecular weight is 929 g/mol. The highest BCUT2D eigenvalue weighted by Gasteiger charge is 2.52. The normalized spacial score (nSPS) is 33.0. The van der Waals surface area contributed by atoms with E-state index >= 15 is 0 Å². The molecule has 0 bridgehead atoms. The summed E-state index contributed by atoms with van der Waals surface area (Å²) in [4.78, 5) is 22.5. The van der Waals surface area contributed by atoms with Crippen LogP contribution in [0.4, 0.5) is 0 Å². The molecular formula is C44H80O20. The SMILES string of the molecule is CCCCC(CCCC(O)C(O)CCCCCCCCCCCCCCC(O)C(=O)O)OC1OCC(O)C(O)C1OC1OCC(OC(C)=O)C(O)C1OC1OC(CO)C(O)C(O)C1O. The topological polar surface area (TPSA) is 321 Å². The van der Waals surface area contributed by atoms with Crippen molar-refractivity contribution in [2.75, 3.05) is 19.8 Å². The molecule has 3 fully saturated rings. The molecule has 0 aromatic carbocycles. The van der Waals surface area contributed by atoms with Crippen molar-refractivity contribution in [2.45, 2.75) is 247 Å². The smallest absolute Gasteiger partial charge is 0.332 e. The number of aliphatic hydroxyl groups excluding tert-OH is 10. The molecule has 0 spiro atoms. The molecule has 376 valence electrons. The van der Waals surface area contributed by atoms with Gasteiger partial charge in [0.15, 0.2) is 31.1 Å². The number of rotatable bonds is 32. The number of aliphatic carboxylic acids is 1. The minimum absolute atomic E-state index is 0.302. The summed E-state index contributed by atoms with van der Waals surface area (Å²) in [5.74, 6) is -1.91. The second-order valence-electron chi connectivity index (χ2n) is 17.6.